The van der Waals surface area contributed by atoms with Crippen molar-refractivity contribution in [1.82, 2.24) is 20.9 Å². The normalized spacial score (nSPS) is 34.6. The van der Waals surface area contributed by atoms with Gasteiger partial charge in [-0.3, -0.25) is 33.7 Å². The number of nitrogens with zero attached hydrogens (tertiary/aromatic N) is 1. The molecule has 0 radical (unpaired) electrons. The van der Waals surface area contributed by atoms with Crippen LogP contribution in [-0.2, 0) is 57.2 Å². The largest absolute Gasteiger partial charge is 0.461 e. The van der Waals surface area contributed by atoms with Gasteiger partial charge in [-0.1, -0.05) is 59.1 Å². The van der Waals surface area contributed by atoms with E-state index in [1.807, 2.05) is 13.0 Å². The Bertz CT molecular complexity index is 2140. The van der Waals surface area contributed by atoms with Crippen molar-refractivity contribution in [2.45, 2.75) is 191 Å². The Morgan fingerprint density at radius 3 is 2.51 bits per heavy atom. The highest BCUT2D eigenvalue weighted by molar-refractivity contribution is 7.81. The van der Waals surface area contributed by atoms with Crippen LogP contribution in [0.15, 0.2) is 23.8 Å². The van der Waals surface area contributed by atoms with Gasteiger partial charge >= 0.3 is 12.0 Å². The van der Waals surface area contributed by atoms with Crippen LogP contribution in [0.1, 0.15) is 137 Å². The van der Waals surface area contributed by atoms with Crippen LogP contribution < -0.4 is 21.7 Å². The molecule has 72 heavy (non-hydrogen) atoms. The van der Waals surface area contributed by atoms with Gasteiger partial charge < -0.3 is 50.5 Å². The molecule has 19 nitrogen and oxygen atoms in total. The standard InChI is InChI=1S/C52H77N5O14S/c1-6-12-43-70-39-24-34-33-18-17-30-23-31(58)19-20-50(30,4)44(33)36(59)26-51(34,5)52(39,71-43)38(60)28-67-42-16-10-13-32(69-42)27-68-48(65)35(14-11-21-54-49(53)66)55-46(63)45(29(2)3)56-40(61)15-8-7-9-22-57-41(62)25-37(72)47(57)64/h19-20,23,29,32-37,39,42-45,59,72H,6-18,21-22,24-28H2,1-5H3,(H,55,63)(H,56,61)(H3,53,54,66)/t32?,33-,34-,35-,36-,37?,39+,42?,43?,44+,45-,50-,51-,52+/m0/s1. The average Bonchev–Trinajstić information content (AvgIpc) is 3.91. The number of thiol groups is 1. The Kier molecular flexibility index (Phi) is 18.2. The van der Waals surface area contributed by atoms with Gasteiger partial charge in [0, 0.05) is 42.7 Å². The van der Waals surface area contributed by atoms with Crippen LogP contribution in [0.5, 0.6) is 0 Å². The third-order valence-corrected chi connectivity index (χ3v) is 17.1. The molecular formula is C52H77N5O14S. The topological polar surface area (TPSA) is 268 Å². The number of rotatable bonds is 23. The molecule has 400 valence electrons. The lowest BCUT2D eigenvalue weighted by atomic mass is 9.46. The van der Waals surface area contributed by atoms with Crippen LogP contribution in [0.25, 0.3) is 0 Å². The molecule has 0 aromatic heterocycles. The van der Waals surface area contributed by atoms with Crippen LogP contribution in [0.4, 0.5) is 4.79 Å². The summed E-state index contributed by atoms with van der Waals surface area (Å²) in [4.78, 5) is 104. The van der Waals surface area contributed by atoms with E-state index < -0.39 is 82.6 Å². The first kappa shape index (κ1) is 55.5. The fourth-order valence-corrected chi connectivity index (χ4v) is 13.4. The summed E-state index contributed by atoms with van der Waals surface area (Å²) in [6.07, 6.45) is 9.68. The van der Waals surface area contributed by atoms with Crippen molar-refractivity contribution in [3.8, 4) is 0 Å². The summed E-state index contributed by atoms with van der Waals surface area (Å²) in [5, 5.41) is 19.5. The number of likely N-dealkylation sites (tertiary alicyclic amines) is 1. The predicted octanol–water partition coefficient (Wildman–Crippen LogP) is 3.87. The van der Waals surface area contributed by atoms with Crippen molar-refractivity contribution >= 4 is 59.8 Å². The van der Waals surface area contributed by atoms with Crippen molar-refractivity contribution in [1.29, 1.82) is 0 Å². The maximum absolute atomic E-state index is 14.9. The van der Waals surface area contributed by atoms with Gasteiger partial charge in [0.05, 0.1) is 23.6 Å². The van der Waals surface area contributed by atoms with Crippen LogP contribution in [0, 0.1) is 34.5 Å². The molecule has 4 aliphatic carbocycles. The lowest BCUT2D eigenvalue weighted by molar-refractivity contribution is -0.220. The number of carbonyl (C=O) groups excluding carboxylic acids is 8. The van der Waals surface area contributed by atoms with E-state index in [-0.39, 0.29) is 105 Å². The Morgan fingerprint density at radius 2 is 1.81 bits per heavy atom. The van der Waals surface area contributed by atoms with Crippen LogP contribution >= 0.6 is 12.6 Å². The van der Waals surface area contributed by atoms with Crippen molar-refractivity contribution < 1.29 is 67.1 Å². The van der Waals surface area contributed by atoms with Gasteiger partial charge in [-0.2, -0.15) is 12.6 Å². The number of fused-ring (bicyclic) bond motifs is 7. The number of carbonyl (C=O) groups is 8. The number of hydrogen-bond donors (Lipinski definition) is 6. The van der Waals surface area contributed by atoms with Gasteiger partial charge in [-0.25, -0.2) is 9.59 Å². The molecule has 20 heteroatoms. The van der Waals surface area contributed by atoms with Crippen LogP contribution in [-0.4, -0.2) is 137 Å². The number of ether oxygens (including phenoxy) is 5. The second kappa shape index (κ2) is 23.6. The molecule has 6 fully saturated rings. The highest BCUT2D eigenvalue weighted by Gasteiger charge is 2.75. The van der Waals surface area contributed by atoms with Gasteiger partial charge in [0.1, 0.15) is 25.3 Å². The lowest BCUT2D eigenvalue weighted by Gasteiger charge is -2.59. The number of hydrogen-bond acceptors (Lipinski definition) is 15. The van der Waals surface area contributed by atoms with Crippen molar-refractivity contribution in [3.05, 3.63) is 23.8 Å². The number of unbranched alkanes of at least 4 members (excludes halogenated alkanes) is 2. The molecule has 3 saturated heterocycles. The average molecular weight is 1030 g/mol. The Balaban J connectivity index is 0.931. The maximum Gasteiger partial charge on any atom is 0.328 e. The molecule has 0 spiro atoms. The third-order valence-electron chi connectivity index (χ3n) is 16.7. The number of amides is 6. The summed E-state index contributed by atoms with van der Waals surface area (Å²) in [5.74, 6) is -2.96. The molecule has 6 amide bonds. The number of urea groups is 1. The molecule has 0 aromatic rings. The number of aliphatic hydroxyl groups is 1. The number of nitrogens with one attached hydrogen (secondary N) is 3. The predicted molar refractivity (Wildman–Crippen MR) is 263 cm³/mol. The molecule has 0 bridgehead atoms. The molecule has 7 rings (SSSR count). The van der Waals surface area contributed by atoms with E-state index in [9.17, 15) is 43.5 Å². The first-order valence-electron chi connectivity index (χ1n) is 26.3. The van der Waals surface area contributed by atoms with Gasteiger partial charge in [0.2, 0.25) is 23.6 Å². The minimum atomic E-state index is -1.36. The lowest BCUT2D eigenvalue weighted by Crippen LogP contribution is -2.63. The molecule has 7 aliphatic rings. The zero-order valence-corrected chi connectivity index (χ0v) is 43.4. The zero-order chi connectivity index (χ0) is 52.1. The van der Waals surface area contributed by atoms with Gasteiger partial charge in [0.25, 0.3) is 0 Å². The number of primary amides is 1. The van der Waals surface area contributed by atoms with E-state index in [1.54, 1.807) is 26.0 Å². The van der Waals surface area contributed by atoms with Crippen LogP contribution in [0.3, 0.4) is 0 Å². The Morgan fingerprint density at radius 1 is 1.03 bits per heavy atom. The van der Waals surface area contributed by atoms with Gasteiger partial charge in [0.15, 0.2) is 29.7 Å². The first-order valence-corrected chi connectivity index (χ1v) is 26.8. The van der Waals surface area contributed by atoms with E-state index in [2.05, 4.69) is 42.4 Å². The fourth-order valence-electron chi connectivity index (χ4n) is 13.1. The molecule has 3 saturated carbocycles. The third kappa shape index (κ3) is 11.7. The molecular weight excluding hydrogens is 951 g/mol. The minimum absolute atomic E-state index is 0.0119. The summed E-state index contributed by atoms with van der Waals surface area (Å²) in [5.41, 5.74) is 3.70. The Hall–Kier alpha value is -4.21. The van der Waals surface area contributed by atoms with Crippen molar-refractivity contribution in [3.63, 3.8) is 0 Å². The Labute approximate surface area is 427 Å². The number of Topliss-reactive ketones (excluding diaryl/α,β-unsaturated/α-hetero) is 1. The molecule has 3 aliphatic heterocycles. The van der Waals surface area contributed by atoms with Gasteiger partial charge in [-0.05, 0) is 107 Å². The number of esters is 1. The second-order valence-corrected chi connectivity index (χ2v) is 22.4. The minimum Gasteiger partial charge on any atom is -0.461 e. The highest BCUT2D eigenvalue weighted by atomic mass is 32.1. The van der Waals surface area contributed by atoms with Crippen molar-refractivity contribution in [2.24, 2.45) is 40.2 Å². The van der Waals surface area contributed by atoms with Crippen LogP contribution in [0.2, 0.25) is 0 Å². The molecule has 4 unspecified atom stereocenters. The highest BCUT2D eigenvalue weighted by Crippen LogP contribution is 2.69. The number of nitrogens with two attached hydrogens (primary N) is 1. The number of allylic oxidation sites excluding steroid dienone is 4. The number of ketones is 2. The maximum atomic E-state index is 14.9. The summed E-state index contributed by atoms with van der Waals surface area (Å²) in [6, 6.07) is -2.87. The zero-order valence-electron chi connectivity index (χ0n) is 42.5. The van der Waals surface area contributed by atoms with E-state index >= 15 is 0 Å². The second-order valence-electron chi connectivity index (χ2n) is 21.8. The van der Waals surface area contributed by atoms with E-state index in [0.29, 0.717) is 57.8 Å². The quantitative estimate of drug-likeness (QED) is 0.0367. The van der Waals surface area contributed by atoms with Gasteiger partial charge in [-0.15, -0.1) is 0 Å². The monoisotopic (exact) mass is 1030 g/mol. The number of aliphatic hydroxyl groups excluding tert-OH is 1. The van der Waals surface area contributed by atoms with Crippen molar-refractivity contribution in [2.75, 3.05) is 26.3 Å². The summed E-state index contributed by atoms with van der Waals surface area (Å²) in [7, 11) is 0. The van der Waals surface area contributed by atoms with E-state index in [4.69, 9.17) is 29.4 Å². The molecule has 0 aromatic carbocycles. The number of imide groups is 1. The molecule has 14 atom stereocenters. The summed E-state index contributed by atoms with van der Waals surface area (Å²) < 4.78 is 31.7. The smallest absolute Gasteiger partial charge is 0.328 e. The summed E-state index contributed by atoms with van der Waals surface area (Å²) >= 11 is 4.14. The van der Waals surface area contributed by atoms with E-state index in [1.165, 1.54) is 4.90 Å². The molecule has 3 heterocycles. The first-order chi connectivity index (χ1) is 34.2. The fraction of sp³-hybridized carbons (Fsp3) is 0.769. The summed E-state index contributed by atoms with van der Waals surface area (Å²) in [6.45, 7) is 9.65. The molecule has 6 N–H and O–H groups in total. The SMILES string of the molecule is CCCC1O[C@@H]2C[C@H]3[C@@H]4CCC5=CC(=O)C=C[C@]5(C)[C@H]4[C@@H](O)C[C@]3(C)[C@]2(C(=O)COC2CCCC(COC(=O)[C@H](CCCNC(N)=O)NC(=O)[C@@H](NC(=O)CCCCCN3C(=O)CC(S)C3=O)C(C)C)O2)O1. The van der Waals surface area contributed by atoms with E-state index in [0.717, 1.165) is 24.8 Å².